The zero-order valence-corrected chi connectivity index (χ0v) is 14.2. The van der Waals surface area contributed by atoms with E-state index in [2.05, 4.69) is 5.32 Å². The molecule has 2 rings (SSSR count). The summed E-state index contributed by atoms with van der Waals surface area (Å²) in [6.45, 7) is 4.70. The van der Waals surface area contributed by atoms with Crippen molar-refractivity contribution in [2.45, 2.75) is 29.9 Å². The Balaban J connectivity index is 1.94. The minimum absolute atomic E-state index is 0.0989. The summed E-state index contributed by atoms with van der Waals surface area (Å²) in [5.41, 5.74) is 0. The normalized spacial score (nSPS) is 20.3. The van der Waals surface area contributed by atoms with Crippen LogP contribution in [0.25, 0.3) is 0 Å². The van der Waals surface area contributed by atoms with E-state index in [0.29, 0.717) is 10.9 Å². The fourth-order valence-corrected chi connectivity index (χ4v) is 4.00. The van der Waals surface area contributed by atoms with Crippen LogP contribution < -0.4 is 5.32 Å². The van der Waals surface area contributed by atoms with Gasteiger partial charge in [-0.15, -0.1) is 11.8 Å². The molecule has 1 amide bonds. The van der Waals surface area contributed by atoms with E-state index in [4.69, 9.17) is 11.6 Å². The van der Waals surface area contributed by atoms with Crippen LogP contribution in [0, 0.1) is 5.92 Å². The number of halogens is 1. The van der Waals surface area contributed by atoms with E-state index in [9.17, 15) is 4.79 Å². The van der Waals surface area contributed by atoms with Gasteiger partial charge in [-0.25, -0.2) is 0 Å². The molecule has 21 heavy (non-hydrogen) atoms. The maximum Gasteiger partial charge on any atom is 0.235 e. The quantitative estimate of drug-likeness (QED) is 0.843. The molecule has 1 aromatic carbocycles. The van der Waals surface area contributed by atoms with Crippen LogP contribution in [0.3, 0.4) is 0 Å². The van der Waals surface area contributed by atoms with Gasteiger partial charge < -0.3 is 10.2 Å². The SMILES string of the molecule is CNCC1CCCN(C(=O)C(C)Sc2ccccc2Cl)C1. The average molecular weight is 327 g/mol. The second-order valence-electron chi connectivity index (χ2n) is 5.54. The number of likely N-dealkylation sites (tertiary alicyclic amines) is 1. The summed E-state index contributed by atoms with van der Waals surface area (Å²) in [6, 6.07) is 7.70. The number of rotatable bonds is 5. The molecule has 1 aromatic rings. The minimum atomic E-state index is -0.0989. The van der Waals surface area contributed by atoms with E-state index in [1.54, 1.807) is 11.8 Å². The number of carbonyl (C=O) groups is 1. The van der Waals surface area contributed by atoms with Crippen molar-refractivity contribution >= 4 is 29.3 Å². The lowest BCUT2D eigenvalue weighted by Gasteiger charge is -2.34. The number of hydrogen-bond donors (Lipinski definition) is 1. The van der Waals surface area contributed by atoms with Gasteiger partial charge in [-0.1, -0.05) is 23.7 Å². The summed E-state index contributed by atoms with van der Waals surface area (Å²) in [5, 5.41) is 3.83. The highest BCUT2D eigenvalue weighted by molar-refractivity contribution is 8.00. The third-order valence-corrected chi connectivity index (χ3v) is 5.42. The van der Waals surface area contributed by atoms with Crippen LogP contribution in [0.5, 0.6) is 0 Å². The number of amides is 1. The van der Waals surface area contributed by atoms with Gasteiger partial charge in [0.25, 0.3) is 0 Å². The van der Waals surface area contributed by atoms with Gasteiger partial charge in [0.2, 0.25) is 5.91 Å². The highest BCUT2D eigenvalue weighted by Crippen LogP contribution is 2.31. The molecule has 0 bridgehead atoms. The topological polar surface area (TPSA) is 32.3 Å². The van der Waals surface area contributed by atoms with Gasteiger partial charge in [-0.2, -0.15) is 0 Å². The van der Waals surface area contributed by atoms with Crippen molar-refractivity contribution in [3.63, 3.8) is 0 Å². The molecule has 0 aromatic heterocycles. The molecule has 2 unspecified atom stereocenters. The van der Waals surface area contributed by atoms with Crippen LogP contribution in [0.1, 0.15) is 19.8 Å². The summed E-state index contributed by atoms with van der Waals surface area (Å²) in [5.74, 6) is 0.797. The summed E-state index contributed by atoms with van der Waals surface area (Å²) in [7, 11) is 1.97. The maximum absolute atomic E-state index is 12.6. The van der Waals surface area contributed by atoms with Gasteiger partial charge >= 0.3 is 0 Å². The number of benzene rings is 1. The Kier molecular flexibility index (Phi) is 6.40. The first kappa shape index (κ1) is 16.7. The van der Waals surface area contributed by atoms with Gasteiger partial charge in [0.05, 0.1) is 10.3 Å². The molecule has 2 atom stereocenters. The molecular weight excluding hydrogens is 304 g/mol. The van der Waals surface area contributed by atoms with Crippen molar-refractivity contribution in [1.82, 2.24) is 10.2 Å². The lowest BCUT2D eigenvalue weighted by molar-refractivity contribution is -0.132. The monoisotopic (exact) mass is 326 g/mol. The number of thioether (sulfide) groups is 1. The highest BCUT2D eigenvalue weighted by Gasteiger charge is 2.27. The first-order valence-electron chi connectivity index (χ1n) is 7.46. The number of carbonyl (C=O) groups excluding carboxylic acids is 1. The van der Waals surface area contributed by atoms with Crippen LogP contribution >= 0.6 is 23.4 Å². The molecule has 1 N–H and O–H groups in total. The number of nitrogens with one attached hydrogen (secondary N) is 1. The van der Waals surface area contributed by atoms with Crippen LogP contribution in [-0.2, 0) is 4.79 Å². The second-order valence-corrected chi connectivity index (χ2v) is 7.33. The van der Waals surface area contributed by atoms with Crippen molar-refractivity contribution in [2.75, 3.05) is 26.7 Å². The number of hydrogen-bond acceptors (Lipinski definition) is 3. The molecule has 0 aliphatic carbocycles. The molecule has 1 saturated heterocycles. The highest BCUT2D eigenvalue weighted by atomic mass is 35.5. The molecule has 0 spiro atoms. The summed E-state index contributed by atoms with van der Waals surface area (Å²) in [6.07, 6.45) is 2.30. The summed E-state index contributed by atoms with van der Waals surface area (Å²) in [4.78, 5) is 15.6. The maximum atomic E-state index is 12.6. The standard InChI is InChI=1S/C16H23ClN2OS/c1-12(21-15-8-4-3-7-14(15)17)16(20)19-9-5-6-13(11-19)10-18-2/h3-4,7-8,12-13,18H,5-6,9-11H2,1-2H3. The summed E-state index contributed by atoms with van der Waals surface area (Å²) >= 11 is 7.72. The van der Waals surface area contributed by atoms with Gasteiger partial charge in [0.1, 0.15) is 0 Å². The first-order valence-corrected chi connectivity index (χ1v) is 8.72. The van der Waals surface area contributed by atoms with Crippen LogP contribution in [0.4, 0.5) is 0 Å². The van der Waals surface area contributed by atoms with E-state index in [1.807, 2.05) is 43.1 Å². The molecule has 0 saturated carbocycles. The molecule has 0 radical (unpaired) electrons. The Morgan fingerprint density at radius 1 is 1.52 bits per heavy atom. The zero-order valence-electron chi connectivity index (χ0n) is 12.6. The molecule has 5 heteroatoms. The van der Waals surface area contributed by atoms with Gasteiger partial charge in [0.15, 0.2) is 0 Å². The van der Waals surface area contributed by atoms with E-state index < -0.39 is 0 Å². The summed E-state index contributed by atoms with van der Waals surface area (Å²) < 4.78 is 0. The van der Waals surface area contributed by atoms with Crippen molar-refractivity contribution < 1.29 is 4.79 Å². The fraction of sp³-hybridized carbons (Fsp3) is 0.562. The zero-order chi connectivity index (χ0) is 15.2. The first-order chi connectivity index (χ1) is 10.1. The third kappa shape index (κ3) is 4.63. The lowest BCUT2D eigenvalue weighted by Crippen LogP contribution is -2.45. The molecule has 1 aliphatic heterocycles. The molecule has 1 fully saturated rings. The largest absolute Gasteiger partial charge is 0.341 e. The Hall–Kier alpha value is -0.710. The predicted molar refractivity (Wildman–Crippen MR) is 90.0 cm³/mol. The minimum Gasteiger partial charge on any atom is -0.341 e. The third-order valence-electron chi connectivity index (χ3n) is 3.81. The molecule has 1 heterocycles. The van der Waals surface area contributed by atoms with Gasteiger partial charge in [-0.3, -0.25) is 4.79 Å². The van der Waals surface area contributed by atoms with Gasteiger partial charge in [-0.05, 0) is 51.4 Å². The number of nitrogens with zero attached hydrogens (tertiary/aromatic N) is 1. The van der Waals surface area contributed by atoms with E-state index in [0.717, 1.165) is 31.0 Å². The Morgan fingerprint density at radius 2 is 2.29 bits per heavy atom. The lowest BCUT2D eigenvalue weighted by atomic mass is 9.98. The molecule has 1 aliphatic rings. The van der Waals surface area contributed by atoms with Gasteiger partial charge in [0, 0.05) is 18.0 Å². The van der Waals surface area contributed by atoms with E-state index in [-0.39, 0.29) is 11.2 Å². The van der Waals surface area contributed by atoms with Crippen molar-refractivity contribution in [1.29, 1.82) is 0 Å². The van der Waals surface area contributed by atoms with E-state index in [1.165, 1.54) is 6.42 Å². The smallest absolute Gasteiger partial charge is 0.235 e. The van der Waals surface area contributed by atoms with Crippen molar-refractivity contribution in [3.8, 4) is 0 Å². The van der Waals surface area contributed by atoms with Crippen molar-refractivity contribution in [2.24, 2.45) is 5.92 Å². The average Bonchev–Trinajstić information content (AvgIpc) is 2.49. The van der Waals surface area contributed by atoms with E-state index >= 15 is 0 Å². The predicted octanol–water partition coefficient (Wildman–Crippen LogP) is 3.28. The molecule has 3 nitrogen and oxygen atoms in total. The Bertz CT molecular complexity index is 481. The van der Waals surface area contributed by atoms with Crippen LogP contribution in [-0.4, -0.2) is 42.7 Å². The molecule has 116 valence electrons. The second kappa shape index (κ2) is 8.06. The Labute approximate surface area is 136 Å². The van der Waals surface area contributed by atoms with Crippen LogP contribution in [0.2, 0.25) is 5.02 Å². The number of piperidine rings is 1. The molecular formula is C16H23ClN2OS. The van der Waals surface area contributed by atoms with Crippen molar-refractivity contribution in [3.05, 3.63) is 29.3 Å². The Morgan fingerprint density at radius 3 is 3.00 bits per heavy atom. The van der Waals surface area contributed by atoms with Crippen LogP contribution in [0.15, 0.2) is 29.2 Å². The fourth-order valence-electron chi connectivity index (χ4n) is 2.76.